The van der Waals surface area contributed by atoms with Gasteiger partial charge in [0.05, 0.1) is 11.8 Å². The molecule has 2 N–H and O–H groups in total. The number of hydrogen-bond donors (Lipinski definition) is 2. The van der Waals surface area contributed by atoms with Gasteiger partial charge in [-0.15, -0.1) is 10.2 Å². The summed E-state index contributed by atoms with van der Waals surface area (Å²) in [6.07, 6.45) is 3.16. The third kappa shape index (κ3) is 5.76. The van der Waals surface area contributed by atoms with Crippen LogP contribution in [0.4, 0.5) is 10.8 Å². The minimum absolute atomic E-state index is 0.0189. The van der Waals surface area contributed by atoms with Gasteiger partial charge in [0.1, 0.15) is 11.5 Å². The Labute approximate surface area is 206 Å². The molecule has 6 nitrogen and oxygen atoms in total. The number of nitrogens with one attached hydrogen (secondary N) is 2. The second-order valence-electron chi connectivity index (χ2n) is 7.94. The number of fused-ring (bicyclic) bond motifs is 1. The number of nitrogens with zero attached hydrogens (tertiary/aromatic N) is 2. The monoisotopic (exact) mass is 488 g/mol. The Balaban J connectivity index is 1.11. The van der Waals surface area contributed by atoms with Crippen LogP contribution in [-0.2, 0) is 11.2 Å². The highest BCUT2D eigenvalue weighted by atomic mass is 32.2. The molecule has 1 amide bonds. The molecule has 0 spiro atoms. The van der Waals surface area contributed by atoms with Crippen molar-refractivity contribution in [2.24, 2.45) is 0 Å². The number of aromatic nitrogens is 2. The van der Waals surface area contributed by atoms with E-state index in [0.717, 1.165) is 40.8 Å². The normalized spacial score (nSPS) is 14.8. The first-order chi connectivity index (χ1) is 16.7. The Bertz CT molecular complexity index is 1250. The average Bonchev–Trinajstić information content (AvgIpc) is 3.32. The van der Waals surface area contributed by atoms with Crippen LogP contribution in [0.1, 0.15) is 30.0 Å². The number of carbonyl (C=O) groups is 1. The number of ether oxygens (including phenoxy) is 1. The zero-order valence-corrected chi connectivity index (χ0v) is 20.1. The van der Waals surface area contributed by atoms with E-state index in [2.05, 4.69) is 39.0 Å². The van der Waals surface area contributed by atoms with E-state index in [1.54, 1.807) is 0 Å². The zero-order valence-electron chi connectivity index (χ0n) is 18.4. The molecule has 0 fully saturated rings. The second kappa shape index (κ2) is 10.7. The average molecular weight is 489 g/mol. The summed E-state index contributed by atoms with van der Waals surface area (Å²) in [5, 5.41) is 15.5. The van der Waals surface area contributed by atoms with Crippen molar-refractivity contribution < 1.29 is 9.53 Å². The lowest BCUT2D eigenvalue weighted by Gasteiger charge is -2.26. The molecule has 1 unspecified atom stereocenters. The van der Waals surface area contributed by atoms with Crippen molar-refractivity contribution in [2.75, 3.05) is 11.1 Å². The van der Waals surface area contributed by atoms with Crippen molar-refractivity contribution in [1.29, 1.82) is 0 Å². The topological polar surface area (TPSA) is 76.1 Å². The molecule has 0 radical (unpaired) electrons. The van der Waals surface area contributed by atoms with Gasteiger partial charge in [-0.25, -0.2) is 0 Å². The van der Waals surface area contributed by atoms with Gasteiger partial charge in [0.25, 0.3) is 0 Å². The van der Waals surface area contributed by atoms with Gasteiger partial charge in [-0.2, -0.15) is 0 Å². The maximum absolute atomic E-state index is 12.6. The highest BCUT2D eigenvalue weighted by Gasteiger charge is 2.21. The van der Waals surface area contributed by atoms with Crippen LogP contribution in [0.5, 0.6) is 11.5 Å². The Hall–Kier alpha value is -3.36. The van der Waals surface area contributed by atoms with Crippen molar-refractivity contribution in [3.8, 4) is 11.5 Å². The molecule has 34 heavy (non-hydrogen) atoms. The molecule has 8 heteroatoms. The van der Waals surface area contributed by atoms with Gasteiger partial charge in [-0.1, -0.05) is 65.6 Å². The first-order valence-electron chi connectivity index (χ1n) is 11.2. The summed E-state index contributed by atoms with van der Waals surface area (Å²) in [5.41, 5.74) is 3.47. The largest absolute Gasteiger partial charge is 0.457 e. The first kappa shape index (κ1) is 22.4. The maximum atomic E-state index is 12.6. The lowest BCUT2D eigenvalue weighted by Crippen LogP contribution is -2.32. The van der Waals surface area contributed by atoms with Crippen LogP contribution in [-0.4, -0.2) is 21.9 Å². The predicted octanol–water partition coefficient (Wildman–Crippen LogP) is 6.36. The van der Waals surface area contributed by atoms with Crippen molar-refractivity contribution in [3.05, 3.63) is 90.0 Å². The second-order valence-corrected chi connectivity index (χ2v) is 10.1. The van der Waals surface area contributed by atoms with E-state index < -0.39 is 0 Å². The molecule has 5 rings (SSSR count). The fraction of sp³-hybridized carbons (Fsp3) is 0.192. The van der Waals surface area contributed by atoms with E-state index >= 15 is 0 Å². The smallest absolute Gasteiger partial charge is 0.230 e. The number of anilines is 2. The molecule has 172 valence electrons. The van der Waals surface area contributed by atoms with Gasteiger partial charge in [-0.3, -0.25) is 4.79 Å². The number of amides is 1. The molecule has 1 aliphatic carbocycles. The Kier molecular flexibility index (Phi) is 7.07. The van der Waals surface area contributed by atoms with Gasteiger partial charge < -0.3 is 15.4 Å². The summed E-state index contributed by atoms with van der Waals surface area (Å²) in [6, 6.07) is 25.8. The van der Waals surface area contributed by atoms with Crippen LogP contribution < -0.4 is 15.4 Å². The van der Waals surface area contributed by atoms with E-state index in [0.29, 0.717) is 10.9 Å². The molecule has 0 aliphatic heterocycles. The standard InChI is InChI=1S/C26H24N4O2S2/c31-24(28-23-12-6-8-18-7-4-5-11-22(18)23)17-33-26-30-29-25(34-26)27-19-13-15-21(16-14-19)32-20-9-2-1-3-10-20/h1-5,7,9-11,13-16,23H,6,8,12,17H2,(H,27,29)(H,28,31). The first-order valence-corrected chi connectivity index (χ1v) is 13.0. The SMILES string of the molecule is O=C(CSc1nnc(Nc2ccc(Oc3ccccc3)cc2)s1)NC1CCCc2ccccc21. The number of thioether (sulfide) groups is 1. The summed E-state index contributed by atoms with van der Waals surface area (Å²) in [7, 11) is 0. The predicted molar refractivity (Wildman–Crippen MR) is 137 cm³/mol. The number of para-hydroxylation sites is 1. The van der Waals surface area contributed by atoms with Crippen molar-refractivity contribution in [3.63, 3.8) is 0 Å². The van der Waals surface area contributed by atoms with Gasteiger partial charge in [-0.05, 0) is 66.8 Å². The van der Waals surface area contributed by atoms with E-state index in [1.807, 2.05) is 60.7 Å². The number of hydrogen-bond acceptors (Lipinski definition) is 7. The van der Waals surface area contributed by atoms with E-state index in [-0.39, 0.29) is 11.9 Å². The number of benzene rings is 3. The minimum atomic E-state index is 0.0189. The van der Waals surface area contributed by atoms with Crippen LogP contribution in [0.3, 0.4) is 0 Å². The third-order valence-corrected chi connectivity index (χ3v) is 7.49. The number of rotatable bonds is 8. The zero-order chi connectivity index (χ0) is 23.2. The van der Waals surface area contributed by atoms with Crippen molar-refractivity contribution in [2.45, 2.75) is 29.6 Å². The van der Waals surface area contributed by atoms with Crippen molar-refractivity contribution in [1.82, 2.24) is 15.5 Å². The fourth-order valence-electron chi connectivity index (χ4n) is 3.94. The van der Waals surface area contributed by atoms with Crippen LogP contribution in [0.25, 0.3) is 0 Å². The Morgan fingerprint density at radius 2 is 1.74 bits per heavy atom. The van der Waals surface area contributed by atoms with E-state index in [9.17, 15) is 4.79 Å². The van der Waals surface area contributed by atoms with Gasteiger partial charge in [0, 0.05) is 5.69 Å². The highest BCUT2D eigenvalue weighted by molar-refractivity contribution is 8.01. The summed E-state index contributed by atoms with van der Waals surface area (Å²) < 4.78 is 6.58. The summed E-state index contributed by atoms with van der Waals surface area (Å²) in [4.78, 5) is 12.6. The molecular formula is C26H24N4O2S2. The quantitative estimate of drug-likeness (QED) is 0.281. The van der Waals surface area contributed by atoms with Crippen LogP contribution in [0, 0.1) is 0 Å². The fourth-order valence-corrected chi connectivity index (χ4v) is 5.52. The molecule has 0 saturated carbocycles. The van der Waals surface area contributed by atoms with Crippen LogP contribution >= 0.6 is 23.1 Å². The van der Waals surface area contributed by atoms with Crippen molar-refractivity contribution >= 4 is 39.8 Å². The molecule has 4 aromatic rings. The molecule has 1 heterocycles. The van der Waals surface area contributed by atoms with Crippen LogP contribution in [0.2, 0.25) is 0 Å². The Morgan fingerprint density at radius 3 is 2.59 bits per heavy atom. The lowest BCUT2D eigenvalue weighted by molar-refractivity contribution is -0.119. The molecule has 1 atom stereocenters. The van der Waals surface area contributed by atoms with E-state index in [1.165, 1.54) is 34.2 Å². The summed E-state index contributed by atoms with van der Waals surface area (Å²) in [6.45, 7) is 0. The molecule has 0 bridgehead atoms. The van der Waals surface area contributed by atoms with Gasteiger partial charge in [0.15, 0.2) is 4.34 Å². The molecule has 0 saturated heterocycles. The molecular weight excluding hydrogens is 464 g/mol. The summed E-state index contributed by atoms with van der Waals surface area (Å²) in [5.74, 6) is 1.90. The van der Waals surface area contributed by atoms with Crippen LogP contribution in [0.15, 0.2) is 83.2 Å². The molecule has 1 aromatic heterocycles. The number of aryl methyl sites for hydroxylation is 1. The third-order valence-electron chi connectivity index (χ3n) is 5.52. The number of carbonyl (C=O) groups excluding carboxylic acids is 1. The highest BCUT2D eigenvalue weighted by Crippen LogP contribution is 2.31. The molecule has 1 aliphatic rings. The summed E-state index contributed by atoms with van der Waals surface area (Å²) >= 11 is 2.84. The molecule has 3 aromatic carbocycles. The van der Waals surface area contributed by atoms with Gasteiger partial charge >= 0.3 is 0 Å². The maximum Gasteiger partial charge on any atom is 0.230 e. The lowest BCUT2D eigenvalue weighted by atomic mass is 9.88. The Morgan fingerprint density at radius 1 is 0.971 bits per heavy atom. The minimum Gasteiger partial charge on any atom is -0.457 e. The van der Waals surface area contributed by atoms with E-state index in [4.69, 9.17) is 4.74 Å². The van der Waals surface area contributed by atoms with Gasteiger partial charge in [0.2, 0.25) is 11.0 Å².